The number of nitrogens with one attached hydrogen (secondary N) is 1. The number of likely N-dealkylation sites (tertiary alicyclic amines) is 1. The van der Waals surface area contributed by atoms with Gasteiger partial charge < -0.3 is 20.4 Å². The van der Waals surface area contributed by atoms with Gasteiger partial charge in [-0.2, -0.15) is 0 Å². The van der Waals surface area contributed by atoms with Crippen molar-refractivity contribution in [3.8, 4) is 11.3 Å². The van der Waals surface area contributed by atoms with E-state index in [1.54, 1.807) is 36.5 Å². The van der Waals surface area contributed by atoms with Crippen LogP contribution in [0.3, 0.4) is 0 Å². The number of amides is 2. The number of aryl methyl sites for hydroxylation is 1. The second-order valence-electron chi connectivity index (χ2n) is 9.90. The number of hydrogen-bond donors (Lipinski definition) is 2. The van der Waals surface area contributed by atoms with E-state index in [1.807, 2.05) is 25.1 Å². The van der Waals surface area contributed by atoms with Gasteiger partial charge in [-0.15, -0.1) is 0 Å². The molecule has 0 saturated carbocycles. The number of aromatic nitrogens is 2. The van der Waals surface area contributed by atoms with Crippen LogP contribution >= 0.6 is 0 Å². The van der Waals surface area contributed by atoms with Crippen LogP contribution in [0.1, 0.15) is 40.1 Å². The Balaban J connectivity index is 1.20. The lowest BCUT2D eigenvalue weighted by Gasteiger charge is -2.31. The first-order valence-electron chi connectivity index (χ1n) is 13.0. The van der Waals surface area contributed by atoms with E-state index in [9.17, 15) is 18.4 Å². The second-order valence-corrected chi connectivity index (χ2v) is 9.90. The van der Waals surface area contributed by atoms with Crippen molar-refractivity contribution in [3.05, 3.63) is 83.4 Å². The lowest BCUT2D eigenvalue weighted by molar-refractivity contribution is -0.116. The van der Waals surface area contributed by atoms with Crippen molar-refractivity contribution in [2.75, 3.05) is 25.4 Å². The maximum atomic E-state index is 13.4. The van der Waals surface area contributed by atoms with E-state index >= 15 is 0 Å². The number of benzene rings is 1. The highest BCUT2D eigenvalue weighted by molar-refractivity contribution is 5.94. The fourth-order valence-electron chi connectivity index (χ4n) is 4.62. The summed E-state index contributed by atoms with van der Waals surface area (Å²) in [7, 11) is 0. The van der Waals surface area contributed by atoms with Crippen LogP contribution < -0.4 is 11.1 Å². The Morgan fingerprint density at radius 3 is 2.60 bits per heavy atom. The van der Waals surface area contributed by atoms with Crippen LogP contribution in [0.5, 0.6) is 0 Å². The molecule has 3 aromatic heterocycles. The average molecular weight is 546 g/mol. The van der Waals surface area contributed by atoms with E-state index in [-0.39, 0.29) is 37.7 Å². The molecule has 0 aliphatic carbocycles. The van der Waals surface area contributed by atoms with Crippen molar-refractivity contribution >= 4 is 34.7 Å². The standard InChI is InChI=1S/C30H29F2N5O3/c1-19-14-22(25-5-4-21(18-35-25)29(39)37-12-9-30(31,32)10-13-37)15-23-16-24(40-28(19)23)8-11-34-27(38)7-3-20-2-6-26(33)36-17-20/h2-7,14-18H,8-13H2,1H3,(H2,33,36)(H,34,38)/b7-3+. The Morgan fingerprint density at radius 2 is 1.90 bits per heavy atom. The number of halogens is 2. The average Bonchev–Trinajstić information content (AvgIpc) is 3.36. The van der Waals surface area contributed by atoms with Crippen LogP contribution in [0.4, 0.5) is 14.6 Å². The van der Waals surface area contributed by atoms with Gasteiger partial charge in [-0.1, -0.05) is 0 Å². The van der Waals surface area contributed by atoms with Crippen molar-refractivity contribution in [3.63, 3.8) is 0 Å². The third-order valence-electron chi connectivity index (χ3n) is 6.85. The normalized spacial score (nSPS) is 15.0. The molecule has 4 aromatic rings. The molecule has 0 atom stereocenters. The lowest BCUT2D eigenvalue weighted by atomic mass is 10.0. The first kappa shape index (κ1) is 27.0. The van der Waals surface area contributed by atoms with Gasteiger partial charge in [0, 0.05) is 68.3 Å². The van der Waals surface area contributed by atoms with Gasteiger partial charge in [-0.25, -0.2) is 13.8 Å². The Hall–Kier alpha value is -4.60. The molecule has 206 valence electrons. The molecular formula is C30H29F2N5O3. The molecule has 10 heteroatoms. The Morgan fingerprint density at radius 1 is 1.10 bits per heavy atom. The fraction of sp³-hybridized carbons (Fsp3) is 0.267. The van der Waals surface area contributed by atoms with Crippen molar-refractivity contribution < 1.29 is 22.8 Å². The predicted octanol–water partition coefficient (Wildman–Crippen LogP) is 5.02. The summed E-state index contributed by atoms with van der Waals surface area (Å²) >= 11 is 0. The topological polar surface area (TPSA) is 114 Å². The number of anilines is 1. The number of alkyl halides is 2. The van der Waals surface area contributed by atoms with Crippen LogP contribution in [0, 0.1) is 6.92 Å². The van der Waals surface area contributed by atoms with Crippen LogP contribution in [0.15, 0.2) is 65.4 Å². The molecule has 40 heavy (non-hydrogen) atoms. The number of nitrogen functional groups attached to an aromatic ring is 1. The van der Waals surface area contributed by atoms with Crippen molar-refractivity contribution in [1.29, 1.82) is 0 Å². The van der Waals surface area contributed by atoms with Crippen LogP contribution in [0.2, 0.25) is 0 Å². The first-order valence-corrected chi connectivity index (χ1v) is 13.0. The molecule has 1 saturated heterocycles. The van der Waals surface area contributed by atoms with Gasteiger partial charge in [0.1, 0.15) is 17.2 Å². The van der Waals surface area contributed by atoms with Crippen LogP contribution in [-0.2, 0) is 11.2 Å². The van der Waals surface area contributed by atoms with Gasteiger partial charge in [-0.3, -0.25) is 14.6 Å². The number of pyridine rings is 2. The smallest absolute Gasteiger partial charge is 0.255 e. The molecular weight excluding hydrogens is 516 g/mol. The zero-order valence-corrected chi connectivity index (χ0v) is 22.0. The largest absolute Gasteiger partial charge is 0.461 e. The van der Waals surface area contributed by atoms with E-state index < -0.39 is 5.92 Å². The minimum atomic E-state index is -2.70. The lowest BCUT2D eigenvalue weighted by Crippen LogP contribution is -2.42. The third kappa shape index (κ3) is 6.33. The van der Waals surface area contributed by atoms with Crippen molar-refractivity contribution in [1.82, 2.24) is 20.2 Å². The molecule has 0 spiro atoms. The summed E-state index contributed by atoms with van der Waals surface area (Å²) in [6, 6.07) is 12.8. The number of carbonyl (C=O) groups is 2. The summed E-state index contributed by atoms with van der Waals surface area (Å²) in [6.45, 7) is 2.42. The molecule has 0 unspecified atom stereocenters. The molecule has 0 bridgehead atoms. The highest BCUT2D eigenvalue weighted by atomic mass is 19.3. The molecule has 1 aromatic carbocycles. The summed E-state index contributed by atoms with van der Waals surface area (Å²) in [5.41, 5.74) is 9.96. The number of hydrogen-bond acceptors (Lipinski definition) is 6. The third-order valence-corrected chi connectivity index (χ3v) is 6.85. The van der Waals surface area contributed by atoms with E-state index in [1.165, 1.54) is 17.2 Å². The van der Waals surface area contributed by atoms with Gasteiger partial charge in [0.05, 0.1) is 11.3 Å². The molecule has 1 aliphatic rings. The summed E-state index contributed by atoms with van der Waals surface area (Å²) in [5, 5.41) is 3.75. The Bertz CT molecular complexity index is 1550. The molecule has 2 amide bonds. The van der Waals surface area contributed by atoms with Crippen molar-refractivity contribution in [2.45, 2.75) is 32.1 Å². The molecule has 3 N–H and O–H groups in total. The summed E-state index contributed by atoms with van der Waals surface area (Å²) < 4.78 is 32.9. The van der Waals surface area contributed by atoms with Gasteiger partial charge in [-0.05, 0) is 66.6 Å². The minimum absolute atomic E-state index is 0.0357. The molecule has 8 nitrogen and oxygen atoms in total. The molecule has 1 fully saturated rings. The number of nitrogens with two attached hydrogens (primary N) is 1. The van der Waals surface area contributed by atoms with E-state index in [4.69, 9.17) is 10.2 Å². The minimum Gasteiger partial charge on any atom is -0.461 e. The first-order chi connectivity index (χ1) is 19.2. The number of furan rings is 1. The maximum Gasteiger partial charge on any atom is 0.255 e. The van der Waals surface area contributed by atoms with E-state index in [0.717, 1.165) is 33.4 Å². The van der Waals surface area contributed by atoms with E-state index in [0.29, 0.717) is 30.0 Å². The second kappa shape index (κ2) is 11.3. The van der Waals surface area contributed by atoms with E-state index in [2.05, 4.69) is 15.3 Å². The predicted molar refractivity (Wildman–Crippen MR) is 149 cm³/mol. The zero-order chi connectivity index (χ0) is 28.3. The summed E-state index contributed by atoms with van der Waals surface area (Å²) in [6.07, 6.45) is 6.08. The summed E-state index contributed by atoms with van der Waals surface area (Å²) in [4.78, 5) is 34.8. The number of fused-ring (bicyclic) bond motifs is 1. The summed E-state index contributed by atoms with van der Waals surface area (Å²) in [5.74, 6) is -2.06. The highest BCUT2D eigenvalue weighted by Crippen LogP contribution is 2.30. The van der Waals surface area contributed by atoms with Gasteiger partial charge >= 0.3 is 0 Å². The SMILES string of the molecule is Cc1cc(-c2ccc(C(=O)N3CCC(F)(F)CC3)cn2)cc2cc(CCNC(=O)/C=C/c3ccc(N)nc3)oc12. The Labute approximate surface area is 229 Å². The van der Waals surface area contributed by atoms with Crippen LogP contribution in [0.25, 0.3) is 28.3 Å². The van der Waals surface area contributed by atoms with Gasteiger partial charge in [0.2, 0.25) is 5.91 Å². The fourth-order valence-corrected chi connectivity index (χ4v) is 4.62. The molecule has 4 heterocycles. The quantitative estimate of drug-likeness (QED) is 0.315. The number of carbonyl (C=O) groups excluding carboxylic acids is 2. The van der Waals surface area contributed by atoms with Crippen LogP contribution in [-0.4, -0.2) is 52.2 Å². The molecule has 5 rings (SSSR count). The number of rotatable bonds is 7. The monoisotopic (exact) mass is 545 g/mol. The van der Waals surface area contributed by atoms with Gasteiger partial charge in [0.25, 0.3) is 11.8 Å². The van der Waals surface area contributed by atoms with Gasteiger partial charge in [0.15, 0.2) is 0 Å². The Kier molecular flexibility index (Phi) is 7.59. The molecule has 1 aliphatic heterocycles. The maximum absolute atomic E-state index is 13.4. The van der Waals surface area contributed by atoms with Crippen molar-refractivity contribution in [2.24, 2.45) is 0 Å². The molecule has 0 radical (unpaired) electrons. The highest BCUT2D eigenvalue weighted by Gasteiger charge is 2.35. The zero-order valence-electron chi connectivity index (χ0n) is 22.0. The number of piperidine rings is 1. The number of nitrogens with zero attached hydrogens (tertiary/aromatic N) is 3.